The molecule has 2 aromatic rings. The predicted molar refractivity (Wildman–Crippen MR) is 63.8 cm³/mol. The second-order valence-corrected chi connectivity index (χ2v) is 4.74. The van der Waals surface area contributed by atoms with Crippen LogP contribution < -0.4 is 0 Å². The highest BCUT2D eigenvalue weighted by Crippen LogP contribution is 2.31. The number of carboxylic acid groups (broad SMARTS) is 1. The number of rotatable bonds is 3. The van der Waals surface area contributed by atoms with Gasteiger partial charge in [-0.25, -0.2) is 18.0 Å². The molecule has 0 aliphatic rings. The summed E-state index contributed by atoms with van der Waals surface area (Å²) in [7, 11) is 0. The van der Waals surface area contributed by atoms with E-state index in [9.17, 15) is 18.0 Å². The summed E-state index contributed by atoms with van der Waals surface area (Å²) in [4.78, 5) is 11.5. The first-order valence-corrected chi connectivity index (χ1v) is 5.95. The van der Waals surface area contributed by atoms with Gasteiger partial charge < -0.3 is 5.11 Å². The van der Waals surface area contributed by atoms with Gasteiger partial charge in [0, 0.05) is 9.79 Å². The van der Waals surface area contributed by atoms with E-state index in [1.54, 1.807) is 0 Å². The minimum Gasteiger partial charge on any atom is -0.478 e. The van der Waals surface area contributed by atoms with Crippen LogP contribution in [0.2, 0.25) is 0 Å². The van der Waals surface area contributed by atoms with E-state index in [1.807, 2.05) is 0 Å². The van der Waals surface area contributed by atoms with Gasteiger partial charge in [0.05, 0.1) is 5.56 Å². The maximum absolute atomic E-state index is 13.0. The van der Waals surface area contributed by atoms with Crippen molar-refractivity contribution in [2.24, 2.45) is 0 Å². The SMILES string of the molecule is O=C(O)c1cc(F)ccc1Sc1ccc(F)c(F)c1. The number of benzene rings is 2. The van der Waals surface area contributed by atoms with E-state index in [1.165, 1.54) is 12.1 Å². The van der Waals surface area contributed by atoms with Gasteiger partial charge in [-0.2, -0.15) is 0 Å². The molecule has 6 heteroatoms. The van der Waals surface area contributed by atoms with Crippen molar-refractivity contribution in [1.82, 2.24) is 0 Å². The Hall–Kier alpha value is -1.95. The first-order valence-electron chi connectivity index (χ1n) is 5.13. The lowest BCUT2D eigenvalue weighted by Gasteiger charge is -2.06. The van der Waals surface area contributed by atoms with Crippen LogP contribution in [0.3, 0.4) is 0 Å². The molecule has 2 rings (SSSR count). The number of hydrogen-bond acceptors (Lipinski definition) is 2. The molecule has 2 nitrogen and oxygen atoms in total. The maximum atomic E-state index is 13.0. The summed E-state index contributed by atoms with van der Waals surface area (Å²) in [6.07, 6.45) is 0. The molecule has 0 atom stereocenters. The van der Waals surface area contributed by atoms with Crippen LogP contribution in [0.4, 0.5) is 13.2 Å². The Kier molecular flexibility index (Phi) is 3.80. The minimum atomic E-state index is -1.29. The van der Waals surface area contributed by atoms with Crippen molar-refractivity contribution in [1.29, 1.82) is 0 Å². The van der Waals surface area contributed by atoms with E-state index in [-0.39, 0.29) is 10.5 Å². The van der Waals surface area contributed by atoms with Gasteiger partial charge in [0.1, 0.15) is 5.82 Å². The zero-order valence-electron chi connectivity index (χ0n) is 9.36. The van der Waals surface area contributed by atoms with Crippen LogP contribution in [0.1, 0.15) is 10.4 Å². The highest BCUT2D eigenvalue weighted by Gasteiger charge is 2.13. The molecular weight excluding hydrogens is 277 g/mol. The summed E-state index contributed by atoms with van der Waals surface area (Å²) in [5.41, 5.74) is -0.227. The van der Waals surface area contributed by atoms with Gasteiger partial charge in [0.2, 0.25) is 0 Å². The Morgan fingerprint density at radius 3 is 2.37 bits per heavy atom. The Balaban J connectivity index is 2.37. The summed E-state index contributed by atoms with van der Waals surface area (Å²) < 4.78 is 38.8. The van der Waals surface area contributed by atoms with Crippen molar-refractivity contribution >= 4 is 17.7 Å². The third-order valence-electron chi connectivity index (χ3n) is 2.29. The van der Waals surface area contributed by atoms with E-state index in [4.69, 9.17) is 5.11 Å². The number of aromatic carboxylic acids is 1. The average molecular weight is 284 g/mol. The monoisotopic (exact) mass is 284 g/mol. The highest BCUT2D eigenvalue weighted by molar-refractivity contribution is 7.99. The highest BCUT2D eigenvalue weighted by atomic mass is 32.2. The predicted octanol–water partition coefficient (Wildman–Crippen LogP) is 3.95. The number of carboxylic acids is 1. The minimum absolute atomic E-state index is 0.227. The molecule has 0 bridgehead atoms. The van der Waals surface area contributed by atoms with E-state index in [0.29, 0.717) is 4.90 Å². The molecule has 0 unspecified atom stereocenters. The molecule has 0 aromatic heterocycles. The van der Waals surface area contributed by atoms with Crippen LogP contribution in [-0.4, -0.2) is 11.1 Å². The van der Waals surface area contributed by atoms with E-state index in [0.717, 1.165) is 36.0 Å². The van der Waals surface area contributed by atoms with Crippen molar-refractivity contribution in [3.63, 3.8) is 0 Å². The third kappa shape index (κ3) is 3.08. The molecule has 0 heterocycles. The van der Waals surface area contributed by atoms with E-state index >= 15 is 0 Å². The molecule has 1 N–H and O–H groups in total. The summed E-state index contributed by atoms with van der Waals surface area (Å²) in [6.45, 7) is 0. The fraction of sp³-hybridized carbons (Fsp3) is 0. The first kappa shape index (κ1) is 13.5. The lowest BCUT2D eigenvalue weighted by Crippen LogP contribution is -1.99. The van der Waals surface area contributed by atoms with Gasteiger partial charge in [0.25, 0.3) is 0 Å². The van der Waals surface area contributed by atoms with Crippen LogP contribution >= 0.6 is 11.8 Å². The second-order valence-electron chi connectivity index (χ2n) is 3.62. The lowest BCUT2D eigenvalue weighted by molar-refractivity contribution is 0.0692. The van der Waals surface area contributed by atoms with Crippen LogP contribution in [0.15, 0.2) is 46.2 Å². The largest absolute Gasteiger partial charge is 0.478 e. The fourth-order valence-corrected chi connectivity index (χ4v) is 2.37. The van der Waals surface area contributed by atoms with Gasteiger partial charge in [-0.15, -0.1) is 0 Å². The van der Waals surface area contributed by atoms with E-state index < -0.39 is 23.4 Å². The molecule has 0 amide bonds. The standard InChI is InChI=1S/C13H7F3O2S/c14-7-1-4-12(9(5-7)13(17)18)19-8-2-3-10(15)11(16)6-8/h1-6H,(H,17,18). The van der Waals surface area contributed by atoms with Gasteiger partial charge in [-0.1, -0.05) is 11.8 Å². The first-order chi connectivity index (χ1) is 8.97. The van der Waals surface area contributed by atoms with Gasteiger partial charge in [-0.3, -0.25) is 0 Å². The molecule has 0 saturated heterocycles. The Morgan fingerprint density at radius 1 is 1.00 bits per heavy atom. The van der Waals surface area contributed by atoms with Gasteiger partial charge >= 0.3 is 5.97 Å². The van der Waals surface area contributed by atoms with E-state index in [2.05, 4.69) is 0 Å². The van der Waals surface area contributed by atoms with Crippen LogP contribution in [-0.2, 0) is 0 Å². The second kappa shape index (κ2) is 5.36. The quantitative estimate of drug-likeness (QED) is 0.927. The van der Waals surface area contributed by atoms with Gasteiger partial charge in [0.15, 0.2) is 11.6 Å². The maximum Gasteiger partial charge on any atom is 0.336 e. The normalized spacial score (nSPS) is 10.5. The molecule has 0 spiro atoms. The van der Waals surface area contributed by atoms with Crippen molar-refractivity contribution < 1.29 is 23.1 Å². The van der Waals surface area contributed by atoms with Crippen molar-refractivity contribution in [3.8, 4) is 0 Å². The van der Waals surface area contributed by atoms with Gasteiger partial charge in [-0.05, 0) is 36.4 Å². The average Bonchev–Trinajstić information content (AvgIpc) is 2.36. The van der Waals surface area contributed by atoms with Crippen LogP contribution in [0.25, 0.3) is 0 Å². The fourth-order valence-electron chi connectivity index (χ4n) is 1.43. The molecule has 2 aromatic carbocycles. The molecule has 0 radical (unpaired) electrons. The molecule has 0 aliphatic carbocycles. The molecular formula is C13H7F3O2S. The Morgan fingerprint density at radius 2 is 1.74 bits per heavy atom. The smallest absolute Gasteiger partial charge is 0.336 e. The third-order valence-corrected chi connectivity index (χ3v) is 3.36. The number of hydrogen-bond donors (Lipinski definition) is 1. The summed E-state index contributed by atoms with van der Waals surface area (Å²) in [6, 6.07) is 6.48. The zero-order chi connectivity index (χ0) is 14.0. The topological polar surface area (TPSA) is 37.3 Å². The van der Waals surface area contributed by atoms with Crippen molar-refractivity contribution in [2.45, 2.75) is 9.79 Å². The number of halogens is 3. The molecule has 0 saturated carbocycles. The zero-order valence-corrected chi connectivity index (χ0v) is 10.2. The van der Waals surface area contributed by atoms with Crippen molar-refractivity contribution in [3.05, 3.63) is 59.4 Å². The van der Waals surface area contributed by atoms with Crippen molar-refractivity contribution in [2.75, 3.05) is 0 Å². The summed E-state index contributed by atoms with van der Waals surface area (Å²) >= 11 is 0.920. The number of carbonyl (C=O) groups is 1. The molecule has 0 fully saturated rings. The summed E-state index contributed by atoms with van der Waals surface area (Å²) in [5, 5.41) is 8.95. The summed E-state index contributed by atoms with van der Waals surface area (Å²) in [5.74, 6) is -3.97. The Bertz CT molecular complexity index is 644. The van der Waals surface area contributed by atoms with Crippen LogP contribution in [0.5, 0.6) is 0 Å². The van der Waals surface area contributed by atoms with Crippen LogP contribution in [0, 0.1) is 17.5 Å². The molecule has 19 heavy (non-hydrogen) atoms. The molecule has 0 aliphatic heterocycles. The Labute approximate surface area is 110 Å². The lowest BCUT2D eigenvalue weighted by atomic mass is 10.2. The molecule has 98 valence electrons.